The Hall–Kier alpha value is -2.09. The number of allylic oxidation sites excluding steroid dienone is 3. The minimum Gasteiger partial charge on any atom is -0.331 e. The molecule has 1 N–H and O–H groups in total. The number of benzene rings is 1. The second-order valence-corrected chi connectivity index (χ2v) is 5.64. The average Bonchev–Trinajstić information content (AvgIpc) is 2.90. The van der Waals surface area contributed by atoms with Crippen LogP contribution in [0.2, 0.25) is 0 Å². The molecule has 1 aromatic heterocycles. The van der Waals surface area contributed by atoms with Crippen LogP contribution in [0.4, 0.5) is 4.39 Å². The van der Waals surface area contributed by atoms with Crippen LogP contribution in [0, 0.1) is 18.8 Å². The van der Waals surface area contributed by atoms with Crippen molar-refractivity contribution in [2.45, 2.75) is 27.2 Å². The van der Waals surface area contributed by atoms with Crippen LogP contribution in [0.15, 0.2) is 49.1 Å². The van der Waals surface area contributed by atoms with Crippen molar-refractivity contribution in [3.8, 4) is 11.3 Å². The summed E-state index contributed by atoms with van der Waals surface area (Å²) in [5, 5.41) is 0. The Morgan fingerprint density at radius 3 is 2.71 bits per heavy atom. The molecular formula is C19H22FN. The summed E-state index contributed by atoms with van der Waals surface area (Å²) in [6, 6.07) is 9.54. The number of aromatic amines is 1. The van der Waals surface area contributed by atoms with Crippen LogP contribution in [0.1, 0.15) is 31.4 Å². The number of aromatic nitrogens is 1. The normalized spacial score (nSPS) is 13.2. The molecule has 0 bridgehead atoms. The minimum atomic E-state index is -0.305. The second-order valence-electron chi connectivity index (χ2n) is 5.64. The molecule has 1 heterocycles. The molecule has 0 spiro atoms. The number of hydrogen-bond donors (Lipinski definition) is 1. The maximum Gasteiger partial charge on any atom is 0.191 e. The third-order valence-corrected chi connectivity index (χ3v) is 3.69. The van der Waals surface area contributed by atoms with Gasteiger partial charge in [0, 0.05) is 5.69 Å². The molecule has 0 amide bonds. The van der Waals surface area contributed by atoms with E-state index in [1.165, 1.54) is 22.8 Å². The van der Waals surface area contributed by atoms with Gasteiger partial charge in [-0.1, -0.05) is 25.1 Å². The van der Waals surface area contributed by atoms with E-state index in [-0.39, 0.29) is 5.95 Å². The van der Waals surface area contributed by atoms with E-state index in [0.29, 0.717) is 5.92 Å². The largest absolute Gasteiger partial charge is 0.331 e. The summed E-state index contributed by atoms with van der Waals surface area (Å²) < 4.78 is 13.1. The lowest BCUT2D eigenvalue weighted by molar-refractivity contribution is 0.592. The molecule has 0 aliphatic heterocycles. The van der Waals surface area contributed by atoms with Gasteiger partial charge in [-0.2, -0.15) is 4.39 Å². The SMILES string of the molecule is C=CC(C)C/C=C(\C)c1cc(C)cc(-c2ccc(F)[nH]2)c1. The molecule has 0 saturated heterocycles. The van der Waals surface area contributed by atoms with Crippen molar-refractivity contribution < 1.29 is 4.39 Å². The van der Waals surface area contributed by atoms with Crippen molar-refractivity contribution >= 4 is 5.57 Å². The Bertz CT molecular complexity index is 664. The molecule has 1 unspecified atom stereocenters. The summed E-state index contributed by atoms with van der Waals surface area (Å²) in [6.07, 6.45) is 5.18. The topological polar surface area (TPSA) is 15.8 Å². The zero-order valence-corrected chi connectivity index (χ0v) is 12.9. The summed E-state index contributed by atoms with van der Waals surface area (Å²) in [7, 11) is 0. The first kappa shape index (κ1) is 15.3. The lowest BCUT2D eigenvalue weighted by atomic mass is 9.97. The first-order valence-corrected chi connectivity index (χ1v) is 7.26. The Morgan fingerprint density at radius 1 is 1.33 bits per heavy atom. The number of rotatable bonds is 5. The molecule has 1 nitrogen and oxygen atoms in total. The fraction of sp³-hybridized carbons (Fsp3) is 0.263. The third-order valence-electron chi connectivity index (χ3n) is 3.69. The molecule has 110 valence electrons. The summed E-state index contributed by atoms with van der Waals surface area (Å²) in [6.45, 7) is 10.1. The predicted molar refractivity (Wildman–Crippen MR) is 88.6 cm³/mol. The van der Waals surface area contributed by atoms with Gasteiger partial charge in [0.05, 0.1) is 0 Å². The highest BCUT2D eigenvalue weighted by Gasteiger charge is 2.05. The van der Waals surface area contributed by atoms with Gasteiger partial charge in [-0.25, -0.2) is 0 Å². The van der Waals surface area contributed by atoms with Gasteiger partial charge in [-0.3, -0.25) is 0 Å². The number of hydrogen-bond acceptors (Lipinski definition) is 0. The summed E-state index contributed by atoms with van der Waals surface area (Å²) in [5.74, 6) is 0.168. The Kier molecular flexibility index (Phi) is 4.79. The van der Waals surface area contributed by atoms with Gasteiger partial charge in [0.1, 0.15) is 0 Å². The van der Waals surface area contributed by atoms with Crippen LogP contribution in [-0.4, -0.2) is 4.98 Å². The van der Waals surface area contributed by atoms with Crippen molar-refractivity contribution in [1.29, 1.82) is 0 Å². The van der Waals surface area contributed by atoms with Gasteiger partial charge in [-0.15, -0.1) is 6.58 Å². The minimum absolute atomic E-state index is 0.305. The zero-order chi connectivity index (χ0) is 15.4. The number of nitrogens with one attached hydrogen (secondary N) is 1. The Balaban J connectivity index is 2.32. The van der Waals surface area contributed by atoms with Crippen LogP contribution >= 0.6 is 0 Å². The summed E-state index contributed by atoms with van der Waals surface area (Å²) in [4.78, 5) is 2.75. The van der Waals surface area contributed by atoms with E-state index in [1.807, 2.05) is 6.08 Å². The van der Waals surface area contributed by atoms with Crippen molar-refractivity contribution in [1.82, 2.24) is 4.98 Å². The third kappa shape index (κ3) is 3.94. The molecule has 0 aliphatic rings. The fourth-order valence-electron chi connectivity index (χ4n) is 2.28. The van der Waals surface area contributed by atoms with Crippen LogP contribution < -0.4 is 0 Å². The van der Waals surface area contributed by atoms with E-state index in [1.54, 1.807) is 6.07 Å². The lowest BCUT2D eigenvalue weighted by Gasteiger charge is -2.09. The smallest absolute Gasteiger partial charge is 0.191 e. The van der Waals surface area contributed by atoms with Gasteiger partial charge < -0.3 is 4.98 Å². The first-order valence-electron chi connectivity index (χ1n) is 7.26. The lowest BCUT2D eigenvalue weighted by Crippen LogP contribution is -1.89. The molecule has 1 atom stereocenters. The van der Waals surface area contributed by atoms with Crippen LogP contribution in [0.25, 0.3) is 16.8 Å². The molecule has 2 rings (SSSR count). The summed E-state index contributed by atoms with van der Waals surface area (Å²) >= 11 is 0. The van der Waals surface area contributed by atoms with Crippen LogP contribution in [0.3, 0.4) is 0 Å². The van der Waals surface area contributed by atoms with E-state index < -0.39 is 0 Å². The number of halogens is 1. The number of H-pyrrole nitrogens is 1. The monoisotopic (exact) mass is 283 g/mol. The molecule has 1 aromatic carbocycles. The van der Waals surface area contributed by atoms with Crippen molar-refractivity contribution in [2.75, 3.05) is 0 Å². The van der Waals surface area contributed by atoms with E-state index in [9.17, 15) is 4.39 Å². The van der Waals surface area contributed by atoms with Gasteiger partial charge in [0.15, 0.2) is 5.95 Å². The van der Waals surface area contributed by atoms with Crippen molar-refractivity contribution in [3.63, 3.8) is 0 Å². The van der Waals surface area contributed by atoms with Gasteiger partial charge in [0.25, 0.3) is 0 Å². The van der Waals surface area contributed by atoms with Gasteiger partial charge >= 0.3 is 0 Å². The Labute approximate surface area is 126 Å². The van der Waals surface area contributed by atoms with Crippen molar-refractivity contribution in [3.05, 3.63) is 66.1 Å². The second kappa shape index (κ2) is 6.57. The highest BCUT2D eigenvalue weighted by atomic mass is 19.1. The van der Waals surface area contributed by atoms with Gasteiger partial charge in [0.2, 0.25) is 0 Å². The zero-order valence-electron chi connectivity index (χ0n) is 12.9. The van der Waals surface area contributed by atoms with Crippen molar-refractivity contribution in [2.24, 2.45) is 5.92 Å². The first-order chi connectivity index (χ1) is 9.99. The molecule has 0 aliphatic carbocycles. The maximum absolute atomic E-state index is 13.1. The van der Waals surface area contributed by atoms with Crippen LogP contribution in [-0.2, 0) is 0 Å². The quantitative estimate of drug-likeness (QED) is 0.673. The van der Waals surface area contributed by atoms with E-state index in [2.05, 4.69) is 56.6 Å². The molecular weight excluding hydrogens is 261 g/mol. The standard InChI is InChI=1S/C19H22FN/c1-5-13(2)6-7-15(4)16-10-14(3)11-17(12-16)18-8-9-19(20)21-18/h5,7-13,21H,1,6H2,2-4H3/b15-7+. The van der Waals surface area contributed by atoms with Crippen LogP contribution in [0.5, 0.6) is 0 Å². The Morgan fingerprint density at radius 2 is 2.10 bits per heavy atom. The van der Waals surface area contributed by atoms with E-state index >= 15 is 0 Å². The van der Waals surface area contributed by atoms with E-state index in [4.69, 9.17) is 0 Å². The predicted octanol–water partition coefficient (Wildman–Crippen LogP) is 5.74. The number of aryl methyl sites for hydroxylation is 1. The fourth-order valence-corrected chi connectivity index (χ4v) is 2.28. The van der Waals surface area contributed by atoms with Gasteiger partial charge in [-0.05, 0) is 72.7 Å². The molecule has 21 heavy (non-hydrogen) atoms. The molecule has 0 saturated carbocycles. The van der Waals surface area contributed by atoms with E-state index in [0.717, 1.165) is 17.7 Å². The highest BCUT2D eigenvalue weighted by Crippen LogP contribution is 2.25. The summed E-state index contributed by atoms with van der Waals surface area (Å²) in [5.41, 5.74) is 5.40. The molecule has 0 radical (unpaired) electrons. The highest BCUT2D eigenvalue weighted by molar-refractivity contribution is 5.71. The maximum atomic E-state index is 13.1. The average molecular weight is 283 g/mol. The molecule has 0 fully saturated rings. The molecule has 2 aromatic rings. The molecule has 2 heteroatoms.